The van der Waals surface area contributed by atoms with E-state index in [1.54, 1.807) is 6.08 Å². The molecule has 0 bridgehead atoms. The van der Waals surface area contributed by atoms with E-state index in [0.29, 0.717) is 25.7 Å². The SMILES string of the molecule is CCCCC[C@H](O)C=C[C@@H]1[C@@H](CC=CCCCC(=O)CO)[C@@H](O)C[C@H]1O. The Hall–Kier alpha value is -1.01. The number of hydrogen-bond donors (Lipinski definition) is 4. The van der Waals surface area contributed by atoms with E-state index in [2.05, 4.69) is 6.92 Å². The summed E-state index contributed by atoms with van der Waals surface area (Å²) in [5.74, 6) is -0.346. The first-order valence-electron chi connectivity index (χ1n) is 9.99. The number of Topliss-reactive ketones (excluding diaryl/α,β-unsaturated/α-hetero) is 1. The molecule has 0 saturated heterocycles. The number of carbonyl (C=O) groups excluding carboxylic acids is 1. The van der Waals surface area contributed by atoms with Gasteiger partial charge in [-0.2, -0.15) is 0 Å². The average Bonchev–Trinajstić information content (AvgIpc) is 2.89. The second-order valence-electron chi connectivity index (χ2n) is 7.36. The third kappa shape index (κ3) is 8.58. The van der Waals surface area contributed by atoms with Gasteiger partial charge in [0.15, 0.2) is 5.78 Å². The molecule has 1 aliphatic rings. The van der Waals surface area contributed by atoms with Crippen LogP contribution in [-0.2, 0) is 4.79 Å². The molecule has 26 heavy (non-hydrogen) atoms. The van der Waals surface area contributed by atoms with Gasteiger partial charge in [0.1, 0.15) is 6.61 Å². The number of ketones is 1. The van der Waals surface area contributed by atoms with Crippen molar-refractivity contribution in [1.82, 2.24) is 0 Å². The van der Waals surface area contributed by atoms with Crippen molar-refractivity contribution in [1.29, 1.82) is 0 Å². The van der Waals surface area contributed by atoms with Crippen LogP contribution in [-0.4, -0.2) is 51.1 Å². The summed E-state index contributed by atoms with van der Waals surface area (Å²) in [5, 5.41) is 39.1. The third-order valence-electron chi connectivity index (χ3n) is 5.15. The van der Waals surface area contributed by atoms with E-state index in [4.69, 9.17) is 5.11 Å². The van der Waals surface area contributed by atoms with Gasteiger partial charge in [-0.1, -0.05) is 50.5 Å². The van der Waals surface area contributed by atoms with Gasteiger partial charge in [-0.15, -0.1) is 0 Å². The summed E-state index contributed by atoms with van der Waals surface area (Å²) in [4.78, 5) is 11.0. The summed E-state index contributed by atoms with van der Waals surface area (Å²) < 4.78 is 0. The molecule has 1 fully saturated rings. The first kappa shape index (κ1) is 23.0. The highest BCUT2D eigenvalue weighted by atomic mass is 16.3. The summed E-state index contributed by atoms with van der Waals surface area (Å²) in [7, 11) is 0. The van der Waals surface area contributed by atoms with E-state index in [0.717, 1.165) is 32.1 Å². The van der Waals surface area contributed by atoms with Gasteiger partial charge >= 0.3 is 0 Å². The van der Waals surface area contributed by atoms with Crippen LogP contribution in [0.4, 0.5) is 0 Å². The summed E-state index contributed by atoms with van der Waals surface area (Å²) in [6.07, 6.45) is 12.8. The second kappa shape index (κ2) is 13.2. The van der Waals surface area contributed by atoms with E-state index in [9.17, 15) is 20.1 Å². The molecule has 150 valence electrons. The van der Waals surface area contributed by atoms with Crippen LogP contribution in [0.2, 0.25) is 0 Å². The van der Waals surface area contributed by atoms with Gasteiger partial charge in [-0.25, -0.2) is 0 Å². The van der Waals surface area contributed by atoms with Gasteiger partial charge in [0.2, 0.25) is 0 Å². The fraction of sp³-hybridized carbons (Fsp3) is 0.762. The predicted octanol–water partition coefficient (Wildman–Crippen LogP) is 2.52. The highest BCUT2D eigenvalue weighted by molar-refractivity contribution is 5.79. The van der Waals surface area contributed by atoms with Crippen molar-refractivity contribution in [2.45, 2.75) is 83.0 Å². The van der Waals surface area contributed by atoms with Gasteiger partial charge < -0.3 is 20.4 Å². The van der Waals surface area contributed by atoms with Crippen molar-refractivity contribution in [3.8, 4) is 0 Å². The Bertz CT molecular complexity index is 446. The Balaban J connectivity index is 2.44. The lowest BCUT2D eigenvalue weighted by atomic mass is 9.89. The molecule has 0 aromatic carbocycles. The molecule has 4 N–H and O–H groups in total. The van der Waals surface area contributed by atoms with Crippen molar-refractivity contribution >= 4 is 5.78 Å². The topological polar surface area (TPSA) is 98.0 Å². The van der Waals surface area contributed by atoms with Gasteiger partial charge in [0.25, 0.3) is 0 Å². The molecular weight excluding hydrogens is 332 g/mol. The molecule has 1 aliphatic carbocycles. The molecule has 5 atom stereocenters. The normalized spacial score (nSPS) is 27.6. The second-order valence-corrected chi connectivity index (χ2v) is 7.36. The molecule has 0 aromatic heterocycles. The van der Waals surface area contributed by atoms with Crippen LogP contribution in [0.5, 0.6) is 0 Å². The van der Waals surface area contributed by atoms with Crippen molar-refractivity contribution in [2.24, 2.45) is 11.8 Å². The first-order chi connectivity index (χ1) is 12.5. The van der Waals surface area contributed by atoms with Crippen LogP contribution in [0, 0.1) is 11.8 Å². The number of rotatable bonds is 13. The number of aliphatic hydroxyl groups is 4. The largest absolute Gasteiger partial charge is 0.393 e. The van der Waals surface area contributed by atoms with Crippen LogP contribution in [0.25, 0.3) is 0 Å². The molecule has 5 nitrogen and oxygen atoms in total. The zero-order valence-corrected chi connectivity index (χ0v) is 16.0. The molecule has 1 saturated carbocycles. The number of unbranched alkanes of at least 4 members (excludes halogenated alkanes) is 3. The molecule has 0 heterocycles. The Morgan fingerprint density at radius 1 is 1.15 bits per heavy atom. The number of allylic oxidation sites excluding steroid dienone is 2. The molecule has 0 aliphatic heterocycles. The zero-order valence-electron chi connectivity index (χ0n) is 16.0. The van der Waals surface area contributed by atoms with Gasteiger partial charge in [0.05, 0.1) is 18.3 Å². The maximum absolute atomic E-state index is 11.0. The van der Waals surface area contributed by atoms with E-state index in [1.165, 1.54) is 0 Å². The highest BCUT2D eigenvalue weighted by Crippen LogP contribution is 2.36. The van der Waals surface area contributed by atoms with Gasteiger partial charge in [-0.05, 0) is 31.6 Å². The minimum atomic E-state index is -0.579. The number of carbonyl (C=O) groups is 1. The fourth-order valence-electron chi connectivity index (χ4n) is 3.53. The predicted molar refractivity (Wildman–Crippen MR) is 103 cm³/mol. The smallest absolute Gasteiger partial charge is 0.158 e. The lowest BCUT2D eigenvalue weighted by Gasteiger charge is -2.19. The summed E-state index contributed by atoms with van der Waals surface area (Å²) >= 11 is 0. The van der Waals surface area contributed by atoms with Crippen molar-refractivity contribution in [3.05, 3.63) is 24.3 Å². The van der Waals surface area contributed by atoms with Crippen molar-refractivity contribution in [2.75, 3.05) is 6.61 Å². The maximum atomic E-state index is 11.0. The standard InChI is InChI=1S/C21H36O5/c1-2-3-6-9-16(23)12-13-19-18(20(25)14-21(19)26)11-8-5-4-7-10-17(24)15-22/h5,8,12-13,16,18-23,25-26H,2-4,6-7,9-11,14-15H2,1H3/t16-,18+,19+,20-,21+/m0/s1. The molecule has 1 rings (SSSR count). The van der Waals surface area contributed by atoms with Crippen LogP contribution < -0.4 is 0 Å². The fourth-order valence-corrected chi connectivity index (χ4v) is 3.53. The lowest BCUT2D eigenvalue weighted by molar-refractivity contribution is -0.121. The quantitative estimate of drug-likeness (QED) is 0.296. The molecule has 0 amide bonds. The molecule has 0 radical (unpaired) electrons. The molecule has 0 aromatic rings. The Kier molecular flexibility index (Phi) is 11.7. The highest BCUT2D eigenvalue weighted by Gasteiger charge is 2.39. The lowest BCUT2D eigenvalue weighted by Crippen LogP contribution is -2.20. The minimum absolute atomic E-state index is 0.0561. The number of hydrogen-bond acceptors (Lipinski definition) is 5. The Morgan fingerprint density at radius 2 is 1.92 bits per heavy atom. The number of aliphatic hydroxyl groups excluding tert-OH is 4. The molecule has 5 heteroatoms. The molecule has 0 unspecified atom stereocenters. The van der Waals surface area contributed by atoms with E-state index >= 15 is 0 Å². The van der Waals surface area contributed by atoms with E-state index in [-0.39, 0.29) is 17.6 Å². The van der Waals surface area contributed by atoms with Crippen LogP contribution >= 0.6 is 0 Å². The summed E-state index contributed by atoms with van der Waals surface area (Å²) in [6.45, 7) is 1.73. The third-order valence-corrected chi connectivity index (χ3v) is 5.15. The van der Waals surface area contributed by atoms with Crippen molar-refractivity contribution < 1.29 is 25.2 Å². The van der Waals surface area contributed by atoms with Crippen LogP contribution in [0.3, 0.4) is 0 Å². The van der Waals surface area contributed by atoms with Crippen LogP contribution in [0.15, 0.2) is 24.3 Å². The summed E-state index contributed by atoms with van der Waals surface area (Å²) in [6, 6.07) is 0. The van der Waals surface area contributed by atoms with E-state index < -0.39 is 24.9 Å². The van der Waals surface area contributed by atoms with E-state index in [1.807, 2.05) is 18.2 Å². The van der Waals surface area contributed by atoms with Crippen LogP contribution in [0.1, 0.15) is 64.7 Å². The molecule has 0 spiro atoms. The maximum Gasteiger partial charge on any atom is 0.158 e. The van der Waals surface area contributed by atoms with Gasteiger partial charge in [-0.3, -0.25) is 4.79 Å². The van der Waals surface area contributed by atoms with Crippen molar-refractivity contribution in [3.63, 3.8) is 0 Å². The van der Waals surface area contributed by atoms with Gasteiger partial charge in [0, 0.05) is 18.8 Å². The molecular formula is C21H36O5. The average molecular weight is 369 g/mol. The first-order valence-corrected chi connectivity index (χ1v) is 9.99. The monoisotopic (exact) mass is 368 g/mol. The zero-order chi connectivity index (χ0) is 19.4. The Labute approximate surface area is 157 Å². The Morgan fingerprint density at radius 3 is 2.62 bits per heavy atom. The minimum Gasteiger partial charge on any atom is -0.393 e. The summed E-state index contributed by atoms with van der Waals surface area (Å²) in [5.41, 5.74) is 0.